The number of nitrogens with two attached hydrogens (primary N) is 1. The number of carbonyl (C=O) groups excluding carboxylic acids is 1. The molecule has 2 aromatic heterocycles. The number of amides is 1. The van der Waals surface area contributed by atoms with Gasteiger partial charge in [-0.05, 0) is 12.1 Å². The minimum Gasteiger partial charge on any atom is -0.390 e. The number of H-pyrrole nitrogens is 1. The third-order valence-corrected chi connectivity index (χ3v) is 2.58. The summed E-state index contributed by atoms with van der Waals surface area (Å²) >= 11 is 0. The Hall–Kier alpha value is -1.92. The van der Waals surface area contributed by atoms with E-state index < -0.39 is 18.1 Å². The maximum Gasteiger partial charge on any atom is 0.220 e. The highest BCUT2D eigenvalue weighted by atomic mass is 16.3. The number of aromatic nitrogens is 2. The lowest BCUT2D eigenvalue weighted by Gasteiger charge is -2.15. The zero-order chi connectivity index (χ0) is 12.4. The van der Waals surface area contributed by atoms with Gasteiger partial charge < -0.3 is 20.9 Å². The number of pyridine rings is 1. The molecule has 0 aliphatic heterocycles. The van der Waals surface area contributed by atoms with Crippen LogP contribution in [0.5, 0.6) is 0 Å². The monoisotopic (exact) mass is 235 g/mol. The molecule has 6 nitrogen and oxygen atoms in total. The Kier molecular flexibility index (Phi) is 3.08. The first-order valence-corrected chi connectivity index (χ1v) is 5.16. The molecule has 2 rings (SSSR count). The standard InChI is InChI=1S/C11H13N3O3/c12-9(16)4-8(15)10(17)7-5-14-11-6(7)2-1-3-13-11/h1-3,5,8,10,15,17H,4H2,(H2,12,16)(H,13,14). The Balaban J connectivity index is 2.30. The molecule has 6 heteroatoms. The van der Waals surface area contributed by atoms with Crippen molar-refractivity contribution < 1.29 is 15.0 Å². The van der Waals surface area contributed by atoms with Crippen molar-refractivity contribution in [2.45, 2.75) is 18.6 Å². The predicted octanol–water partition coefficient (Wildman–Crippen LogP) is -0.167. The lowest BCUT2D eigenvalue weighted by molar-refractivity contribution is -0.121. The van der Waals surface area contributed by atoms with E-state index in [1.807, 2.05) is 0 Å². The van der Waals surface area contributed by atoms with E-state index in [1.54, 1.807) is 24.5 Å². The molecular weight excluding hydrogens is 222 g/mol. The zero-order valence-electron chi connectivity index (χ0n) is 9.00. The number of hydrogen-bond donors (Lipinski definition) is 4. The van der Waals surface area contributed by atoms with E-state index in [-0.39, 0.29) is 6.42 Å². The Morgan fingerprint density at radius 3 is 3.00 bits per heavy atom. The minimum absolute atomic E-state index is 0.284. The van der Waals surface area contributed by atoms with E-state index in [4.69, 9.17) is 5.73 Å². The summed E-state index contributed by atoms with van der Waals surface area (Å²) in [6.45, 7) is 0. The van der Waals surface area contributed by atoms with Crippen molar-refractivity contribution in [1.82, 2.24) is 9.97 Å². The van der Waals surface area contributed by atoms with Crippen LogP contribution in [0.25, 0.3) is 11.0 Å². The lowest BCUT2D eigenvalue weighted by Crippen LogP contribution is -2.25. The predicted molar refractivity (Wildman–Crippen MR) is 60.9 cm³/mol. The summed E-state index contributed by atoms with van der Waals surface area (Å²) in [5.41, 5.74) is 6.09. The first kappa shape index (κ1) is 11.6. The fourth-order valence-electron chi connectivity index (χ4n) is 1.75. The van der Waals surface area contributed by atoms with Gasteiger partial charge in [0.15, 0.2) is 0 Å². The summed E-state index contributed by atoms with van der Waals surface area (Å²) in [7, 11) is 0. The molecule has 0 aromatic carbocycles. The fraction of sp³-hybridized carbons (Fsp3) is 0.273. The summed E-state index contributed by atoms with van der Waals surface area (Å²) in [5, 5.41) is 20.3. The van der Waals surface area contributed by atoms with Crippen LogP contribution in [0, 0.1) is 0 Å². The van der Waals surface area contributed by atoms with Gasteiger partial charge in [-0.2, -0.15) is 0 Å². The largest absolute Gasteiger partial charge is 0.390 e. The van der Waals surface area contributed by atoms with Crippen LogP contribution < -0.4 is 5.73 Å². The van der Waals surface area contributed by atoms with Crippen LogP contribution in [-0.2, 0) is 4.79 Å². The summed E-state index contributed by atoms with van der Waals surface area (Å²) < 4.78 is 0. The molecule has 2 aromatic rings. The molecule has 0 bridgehead atoms. The number of hydrogen-bond acceptors (Lipinski definition) is 4. The normalized spacial score (nSPS) is 14.7. The maximum atomic E-state index is 10.7. The van der Waals surface area contributed by atoms with Gasteiger partial charge in [-0.15, -0.1) is 0 Å². The average molecular weight is 235 g/mol. The van der Waals surface area contributed by atoms with Crippen molar-refractivity contribution >= 4 is 16.9 Å². The minimum atomic E-state index is -1.22. The molecule has 0 radical (unpaired) electrons. The van der Waals surface area contributed by atoms with Crippen LogP contribution in [0.3, 0.4) is 0 Å². The van der Waals surface area contributed by atoms with Crippen molar-refractivity contribution in [3.63, 3.8) is 0 Å². The van der Waals surface area contributed by atoms with Crippen molar-refractivity contribution in [2.75, 3.05) is 0 Å². The van der Waals surface area contributed by atoms with Crippen molar-refractivity contribution in [3.8, 4) is 0 Å². The molecule has 2 unspecified atom stereocenters. The molecule has 2 heterocycles. The second kappa shape index (κ2) is 4.52. The SMILES string of the molecule is NC(=O)CC(O)C(O)c1c[nH]c2ncccc12. The zero-order valence-corrected chi connectivity index (χ0v) is 9.00. The van der Waals surface area contributed by atoms with Gasteiger partial charge in [0, 0.05) is 23.3 Å². The van der Waals surface area contributed by atoms with E-state index in [9.17, 15) is 15.0 Å². The summed E-state index contributed by atoms with van der Waals surface area (Å²) in [5.74, 6) is -0.658. The van der Waals surface area contributed by atoms with Crippen LogP contribution in [0.4, 0.5) is 0 Å². The molecular formula is C11H13N3O3. The van der Waals surface area contributed by atoms with E-state index >= 15 is 0 Å². The van der Waals surface area contributed by atoms with Gasteiger partial charge in [0.2, 0.25) is 5.91 Å². The van der Waals surface area contributed by atoms with E-state index in [2.05, 4.69) is 9.97 Å². The van der Waals surface area contributed by atoms with Crippen molar-refractivity contribution in [1.29, 1.82) is 0 Å². The van der Waals surface area contributed by atoms with Gasteiger partial charge in [-0.25, -0.2) is 4.98 Å². The summed E-state index contributed by atoms with van der Waals surface area (Å²) in [6, 6.07) is 3.50. The number of fused-ring (bicyclic) bond motifs is 1. The van der Waals surface area contributed by atoms with Crippen LogP contribution in [0.1, 0.15) is 18.1 Å². The Morgan fingerprint density at radius 2 is 2.29 bits per heavy atom. The van der Waals surface area contributed by atoms with Gasteiger partial charge in [-0.3, -0.25) is 4.79 Å². The van der Waals surface area contributed by atoms with Gasteiger partial charge in [0.25, 0.3) is 0 Å². The number of aliphatic hydroxyl groups excluding tert-OH is 2. The quantitative estimate of drug-likeness (QED) is 0.589. The highest BCUT2D eigenvalue weighted by Gasteiger charge is 2.23. The van der Waals surface area contributed by atoms with E-state index in [0.29, 0.717) is 16.6 Å². The average Bonchev–Trinajstić information content (AvgIpc) is 2.70. The van der Waals surface area contributed by atoms with E-state index in [0.717, 1.165) is 0 Å². The molecule has 2 atom stereocenters. The number of aliphatic hydroxyl groups is 2. The first-order valence-electron chi connectivity index (χ1n) is 5.16. The number of nitrogens with one attached hydrogen (secondary N) is 1. The highest BCUT2D eigenvalue weighted by molar-refractivity contribution is 5.80. The Bertz CT molecular complexity index is 537. The first-order chi connectivity index (χ1) is 8.09. The molecule has 0 spiro atoms. The van der Waals surface area contributed by atoms with E-state index in [1.165, 1.54) is 0 Å². The van der Waals surface area contributed by atoms with Crippen molar-refractivity contribution in [3.05, 3.63) is 30.1 Å². The second-order valence-corrected chi connectivity index (χ2v) is 3.83. The van der Waals surface area contributed by atoms with Crippen LogP contribution in [0.15, 0.2) is 24.5 Å². The number of aromatic amines is 1. The maximum absolute atomic E-state index is 10.7. The Labute approximate surface area is 97.1 Å². The molecule has 0 saturated heterocycles. The molecule has 90 valence electrons. The number of nitrogens with zero attached hydrogens (tertiary/aromatic N) is 1. The molecule has 17 heavy (non-hydrogen) atoms. The highest BCUT2D eigenvalue weighted by Crippen LogP contribution is 2.25. The fourth-order valence-corrected chi connectivity index (χ4v) is 1.75. The molecule has 1 amide bonds. The van der Waals surface area contributed by atoms with Crippen LogP contribution in [0.2, 0.25) is 0 Å². The van der Waals surface area contributed by atoms with Crippen LogP contribution >= 0.6 is 0 Å². The smallest absolute Gasteiger partial charge is 0.220 e. The van der Waals surface area contributed by atoms with Gasteiger partial charge in [0.1, 0.15) is 11.8 Å². The molecule has 0 saturated carbocycles. The molecule has 0 aliphatic rings. The summed E-state index contributed by atoms with van der Waals surface area (Å²) in [6.07, 6.45) is 0.516. The number of primary amides is 1. The van der Waals surface area contributed by atoms with Crippen molar-refractivity contribution in [2.24, 2.45) is 5.73 Å². The van der Waals surface area contributed by atoms with Crippen LogP contribution in [-0.4, -0.2) is 32.2 Å². The molecule has 0 fully saturated rings. The molecule has 5 N–H and O–H groups in total. The molecule has 0 aliphatic carbocycles. The Morgan fingerprint density at radius 1 is 1.53 bits per heavy atom. The number of carbonyl (C=O) groups is 1. The topological polar surface area (TPSA) is 112 Å². The third-order valence-electron chi connectivity index (χ3n) is 2.58. The van der Waals surface area contributed by atoms with Gasteiger partial charge in [-0.1, -0.05) is 0 Å². The summed E-state index contributed by atoms with van der Waals surface area (Å²) in [4.78, 5) is 17.6. The van der Waals surface area contributed by atoms with Gasteiger partial charge >= 0.3 is 0 Å². The van der Waals surface area contributed by atoms with Gasteiger partial charge in [0.05, 0.1) is 12.5 Å². The lowest BCUT2D eigenvalue weighted by atomic mass is 10.0. The third kappa shape index (κ3) is 2.27. The second-order valence-electron chi connectivity index (χ2n) is 3.83. The number of rotatable bonds is 4.